The molecular weight excluding hydrogens is 671 g/mol. The van der Waals surface area contributed by atoms with E-state index in [1.54, 1.807) is 0 Å². The molecule has 0 aliphatic carbocycles. The van der Waals surface area contributed by atoms with Gasteiger partial charge in [0.25, 0.3) is 0 Å². The van der Waals surface area contributed by atoms with E-state index in [4.69, 9.17) is 19.4 Å². The van der Waals surface area contributed by atoms with E-state index in [0.29, 0.717) is 17.5 Å². The van der Waals surface area contributed by atoms with Crippen molar-refractivity contribution in [2.24, 2.45) is 0 Å². The molecule has 0 saturated carbocycles. The van der Waals surface area contributed by atoms with Gasteiger partial charge in [-0.2, -0.15) is 0 Å². The zero-order valence-electron chi connectivity index (χ0n) is 29.6. The van der Waals surface area contributed by atoms with E-state index in [-0.39, 0.29) is 0 Å². The lowest BCUT2D eigenvalue weighted by molar-refractivity contribution is 0.669. The van der Waals surface area contributed by atoms with Gasteiger partial charge in [0.15, 0.2) is 17.5 Å². The van der Waals surface area contributed by atoms with E-state index in [0.717, 1.165) is 55.3 Å². The molecular formula is C51H31N3O. The van der Waals surface area contributed by atoms with Gasteiger partial charge >= 0.3 is 0 Å². The molecule has 0 aliphatic rings. The van der Waals surface area contributed by atoms with Crippen molar-refractivity contribution in [2.45, 2.75) is 0 Å². The minimum Gasteiger partial charge on any atom is -0.455 e. The number of benzene rings is 9. The number of fused-ring (bicyclic) bond motifs is 7. The lowest BCUT2D eigenvalue weighted by Crippen LogP contribution is -2.00. The van der Waals surface area contributed by atoms with Gasteiger partial charge in [-0.05, 0) is 72.8 Å². The maximum Gasteiger partial charge on any atom is 0.167 e. The molecule has 9 aromatic carbocycles. The van der Waals surface area contributed by atoms with E-state index < -0.39 is 0 Å². The molecule has 11 aromatic rings. The first kappa shape index (κ1) is 31.1. The topological polar surface area (TPSA) is 51.8 Å². The van der Waals surface area contributed by atoms with Gasteiger partial charge < -0.3 is 4.42 Å². The van der Waals surface area contributed by atoms with Crippen LogP contribution in [0.5, 0.6) is 0 Å². The van der Waals surface area contributed by atoms with Gasteiger partial charge in [-0.3, -0.25) is 0 Å². The average molecular weight is 702 g/mol. The van der Waals surface area contributed by atoms with Crippen molar-refractivity contribution in [3.8, 4) is 56.4 Å². The second kappa shape index (κ2) is 12.6. The van der Waals surface area contributed by atoms with Crippen molar-refractivity contribution in [1.82, 2.24) is 15.0 Å². The normalized spacial score (nSPS) is 11.6. The first-order chi connectivity index (χ1) is 27.2. The van der Waals surface area contributed by atoms with Crippen molar-refractivity contribution in [3.05, 3.63) is 188 Å². The molecule has 55 heavy (non-hydrogen) atoms. The Kier molecular flexibility index (Phi) is 7.14. The number of hydrogen-bond acceptors (Lipinski definition) is 4. The Labute approximate surface area is 317 Å². The third-order valence-electron chi connectivity index (χ3n) is 10.7. The predicted molar refractivity (Wildman–Crippen MR) is 227 cm³/mol. The summed E-state index contributed by atoms with van der Waals surface area (Å²) in [6.07, 6.45) is 0. The highest BCUT2D eigenvalue weighted by Crippen LogP contribution is 2.38. The Bertz CT molecular complexity index is 3250. The molecule has 0 amide bonds. The molecule has 256 valence electrons. The average Bonchev–Trinajstić information content (AvgIpc) is 3.65. The van der Waals surface area contributed by atoms with Crippen molar-refractivity contribution >= 4 is 54.3 Å². The Hall–Kier alpha value is -7.43. The van der Waals surface area contributed by atoms with Crippen LogP contribution in [0.3, 0.4) is 0 Å². The molecule has 4 nitrogen and oxygen atoms in total. The highest BCUT2D eigenvalue weighted by atomic mass is 16.3. The van der Waals surface area contributed by atoms with Gasteiger partial charge in [0.05, 0.1) is 5.56 Å². The van der Waals surface area contributed by atoms with E-state index in [1.165, 1.54) is 37.9 Å². The molecule has 0 aliphatic heterocycles. The molecule has 0 spiro atoms. The fourth-order valence-electron chi connectivity index (χ4n) is 7.96. The summed E-state index contributed by atoms with van der Waals surface area (Å²) in [6, 6.07) is 65.9. The summed E-state index contributed by atoms with van der Waals surface area (Å²) in [4.78, 5) is 15.3. The third kappa shape index (κ3) is 5.34. The summed E-state index contributed by atoms with van der Waals surface area (Å²) in [5.74, 6) is 1.76. The SMILES string of the molecule is c1ccc2cc(-c3ccc(-c4nc(-c5ccc(-c6cccc7ccc8ccccc8c67)cc5)nc(-c5cccc6c5oc5ccccc56)n4)cc3)ccc2c1. The maximum atomic E-state index is 6.45. The van der Waals surface area contributed by atoms with Crippen LogP contribution in [0.2, 0.25) is 0 Å². The Balaban J connectivity index is 1.04. The Morgan fingerprint density at radius 1 is 0.309 bits per heavy atom. The fourth-order valence-corrected chi connectivity index (χ4v) is 7.96. The second-order valence-corrected chi connectivity index (χ2v) is 14.0. The highest BCUT2D eigenvalue weighted by molar-refractivity contribution is 6.14. The van der Waals surface area contributed by atoms with Gasteiger partial charge in [0.1, 0.15) is 11.2 Å². The molecule has 0 bridgehead atoms. The van der Waals surface area contributed by atoms with Crippen molar-refractivity contribution in [3.63, 3.8) is 0 Å². The number of nitrogens with zero attached hydrogens (tertiary/aromatic N) is 3. The van der Waals surface area contributed by atoms with E-state index >= 15 is 0 Å². The van der Waals surface area contributed by atoms with Crippen molar-refractivity contribution < 1.29 is 4.42 Å². The predicted octanol–water partition coefficient (Wildman–Crippen LogP) is 13.6. The summed E-state index contributed by atoms with van der Waals surface area (Å²) in [5.41, 5.74) is 8.86. The Morgan fingerprint density at radius 3 is 1.64 bits per heavy atom. The largest absolute Gasteiger partial charge is 0.455 e. The van der Waals surface area contributed by atoms with Crippen LogP contribution in [-0.2, 0) is 0 Å². The number of rotatable bonds is 5. The number of aromatic nitrogens is 3. The molecule has 0 N–H and O–H groups in total. The molecule has 4 heteroatoms. The number of furan rings is 1. The first-order valence-electron chi connectivity index (χ1n) is 18.5. The molecule has 0 radical (unpaired) electrons. The molecule has 0 unspecified atom stereocenters. The van der Waals surface area contributed by atoms with Crippen molar-refractivity contribution in [2.75, 3.05) is 0 Å². The summed E-state index contributed by atoms with van der Waals surface area (Å²) < 4.78 is 6.45. The molecule has 11 rings (SSSR count). The second-order valence-electron chi connectivity index (χ2n) is 14.0. The fraction of sp³-hybridized carbons (Fsp3) is 0. The zero-order valence-corrected chi connectivity index (χ0v) is 29.6. The van der Waals surface area contributed by atoms with Gasteiger partial charge in [0.2, 0.25) is 0 Å². The van der Waals surface area contributed by atoms with Crippen LogP contribution in [0, 0.1) is 0 Å². The summed E-state index contributed by atoms with van der Waals surface area (Å²) in [5, 5.41) is 9.49. The van der Waals surface area contributed by atoms with Gasteiger partial charge in [-0.25, -0.2) is 15.0 Å². The van der Waals surface area contributed by atoms with Gasteiger partial charge in [-0.15, -0.1) is 0 Å². The van der Waals surface area contributed by atoms with Crippen LogP contribution in [0.25, 0.3) is 111 Å². The minimum atomic E-state index is 0.563. The zero-order chi connectivity index (χ0) is 36.3. The van der Waals surface area contributed by atoms with E-state index in [1.807, 2.05) is 30.3 Å². The summed E-state index contributed by atoms with van der Waals surface area (Å²) in [6.45, 7) is 0. The van der Waals surface area contributed by atoms with Crippen LogP contribution in [0.1, 0.15) is 0 Å². The summed E-state index contributed by atoms with van der Waals surface area (Å²) in [7, 11) is 0. The van der Waals surface area contributed by atoms with Crippen LogP contribution < -0.4 is 0 Å². The molecule has 0 saturated heterocycles. The first-order valence-corrected chi connectivity index (χ1v) is 18.5. The monoisotopic (exact) mass is 701 g/mol. The number of para-hydroxylation sites is 2. The smallest absolute Gasteiger partial charge is 0.167 e. The Morgan fingerprint density at radius 2 is 0.836 bits per heavy atom. The standard InChI is InChI=1S/C51H31N3O/c1-2-11-39-31-40(30-21-32(39)9-1)33-19-26-37(27-20-33)49-52-50(54-51(53-49)45-17-8-16-44-43-14-5-6-18-46(43)55-48(44)45)38-28-23-35(24-29-38)42-15-7-12-36-25-22-34-10-3-4-13-41(34)47(36)42/h1-31H. The molecule has 0 fully saturated rings. The highest BCUT2D eigenvalue weighted by Gasteiger charge is 2.18. The maximum absolute atomic E-state index is 6.45. The van der Waals surface area contributed by atoms with Crippen LogP contribution in [-0.4, -0.2) is 15.0 Å². The van der Waals surface area contributed by atoms with E-state index in [2.05, 4.69) is 158 Å². The minimum absolute atomic E-state index is 0.563. The quantitative estimate of drug-likeness (QED) is 0.168. The van der Waals surface area contributed by atoms with Crippen LogP contribution in [0.15, 0.2) is 192 Å². The molecule has 2 heterocycles. The van der Waals surface area contributed by atoms with E-state index in [9.17, 15) is 0 Å². The summed E-state index contributed by atoms with van der Waals surface area (Å²) >= 11 is 0. The lowest BCUT2D eigenvalue weighted by Gasteiger charge is -2.12. The number of hydrogen-bond donors (Lipinski definition) is 0. The van der Waals surface area contributed by atoms with Crippen molar-refractivity contribution in [1.29, 1.82) is 0 Å². The third-order valence-corrected chi connectivity index (χ3v) is 10.7. The van der Waals surface area contributed by atoms with Gasteiger partial charge in [-0.1, -0.05) is 170 Å². The molecule has 2 aromatic heterocycles. The molecule has 0 atom stereocenters. The van der Waals surface area contributed by atoms with Crippen LogP contribution >= 0.6 is 0 Å². The lowest BCUT2D eigenvalue weighted by atomic mass is 9.93. The van der Waals surface area contributed by atoms with Crippen LogP contribution in [0.4, 0.5) is 0 Å². The van der Waals surface area contributed by atoms with Gasteiger partial charge in [0, 0.05) is 21.9 Å².